The van der Waals surface area contributed by atoms with Gasteiger partial charge in [-0.25, -0.2) is 0 Å². The van der Waals surface area contributed by atoms with Gasteiger partial charge in [0, 0.05) is 11.8 Å². The van der Waals surface area contributed by atoms with Crippen LogP contribution in [0.25, 0.3) is 0 Å². The van der Waals surface area contributed by atoms with Crippen molar-refractivity contribution in [3.8, 4) is 0 Å². The minimum atomic E-state index is -0.203. The van der Waals surface area contributed by atoms with E-state index in [4.69, 9.17) is 4.74 Å². The molecule has 2 saturated heterocycles. The number of ketones is 2. The summed E-state index contributed by atoms with van der Waals surface area (Å²) in [5.41, 5.74) is 0. The predicted octanol–water partition coefficient (Wildman–Crippen LogP) is 6.34. The van der Waals surface area contributed by atoms with Crippen molar-refractivity contribution in [2.75, 3.05) is 0 Å². The Labute approximate surface area is 179 Å². The molecule has 2 heterocycles. The van der Waals surface area contributed by atoms with Crippen LogP contribution in [0.15, 0.2) is 0 Å². The number of fused-ring (bicyclic) bond motifs is 2. The van der Waals surface area contributed by atoms with Crippen LogP contribution in [-0.4, -0.2) is 23.8 Å². The third-order valence-electron chi connectivity index (χ3n) is 6.76. The third-order valence-corrected chi connectivity index (χ3v) is 6.76. The first-order valence-corrected chi connectivity index (χ1v) is 12.2. The van der Waals surface area contributed by atoms with E-state index in [0.29, 0.717) is 35.2 Å². The molecule has 0 amide bonds. The summed E-state index contributed by atoms with van der Waals surface area (Å²) in [5.74, 6) is 2.33. The highest BCUT2D eigenvalue weighted by Crippen LogP contribution is 2.48. The van der Waals surface area contributed by atoms with Crippen LogP contribution in [0.3, 0.4) is 0 Å². The van der Waals surface area contributed by atoms with E-state index in [1.807, 2.05) is 0 Å². The van der Waals surface area contributed by atoms with Gasteiger partial charge in [-0.15, -0.1) is 0 Å². The fraction of sp³-hybridized carbons (Fsp3) is 0.923. The number of hydrogen-bond acceptors (Lipinski definition) is 3. The van der Waals surface area contributed by atoms with Crippen molar-refractivity contribution >= 4 is 11.6 Å². The first-order chi connectivity index (χ1) is 13.5. The molecule has 168 valence electrons. The highest BCUT2D eigenvalue weighted by Gasteiger charge is 2.56. The number of ether oxygens (including phenoxy) is 1. The van der Waals surface area contributed by atoms with Crippen LogP contribution in [0.4, 0.5) is 0 Å². The Bertz CT molecular complexity index is 480. The minimum Gasteiger partial charge on any atom is -0.373 e. The van der Waals surface area contributed by atoms with Gasteiger partial charge in [-0.1, -0.05) is 55.4 Å². The van der Waals surface area contributed by atoms with E-state index < -0.39 is 0 Å². The summed E-state index contributed by atoms with van der Waals surface area (Å²) in [7, 11) is 0. The summed E-state index contributed by atoms with van der Waals surface area (Å²) in [4.78, 5) is 27.5. The highest BCUT2D eigenvalue weighted by atomic mass is 16.5. The zero-order valence-corrected chi connectivity index (χ0v) is 20.2. The molecule has 0 aliphatic carbocycles. The van der Waals surface area contributed by atoms with Crippen LogP contribution in [-0.2, 0) is 14.3 Å². The molecule has 0 radical (unpaired) electrons. The molecule has 0 unspecified atom stereocenters. The van der Waals surface area contributed by atoms with E-state index in [2.05, 4.69) is 55.4 Å². The van der Waals surface area contributed by atoms with E-state index in [1.165, 1.54) is 0 Å². The Balaban J connectivity index is 2.26. The second-order valence-electron chi connectivity index (χ2n) is 11.6. The number of rotatable bonds is 12. The van der Waals surface area contributed by atoms with E-state index in [-0.39, 0.29) is 35.9 Å². The Morgan fingerprint density at radius 3 is 1.14 bits per heavy atom. The Morgan fingerprint density at radius 2 is 0.897 bits per heavy atom. The average molecular weight is 407 g/mol. The van der Waals surface area contributed by atoms with Crippen LogP contribution < -0.4 is 0 Å². The van der Waals surface area contributed by atoms with Crippen molar-refractivity contribution in [1.82, 2.24) is 0 Å². The van der Waals surface area contributed by atoms with Crippen molar-refractivity contribution in [1.29, 1.82) is 0 Å². The van der Waals surface area contributed by atoms with Crippen molar-refractivity contribution in [3.63, 3.8) is 0 Å². The lowest BCUT2D eigenvalue weighted by molar-refractivity contribution is -0.138. The maximum Gasteiger partial charge on any atom is 0.142 e. The van der Waals surface area contributed by atoms with Gasteiger partial charge in [0.1, 0.15) is 11.6 Å². The van der Waals surface area contributed by atoms with Crippen molar-refractivity contribution < 1.29 is 14.3 Å². The van der Waals surface area contributed by atoms with Gasteiger partial charge >= 0.3 is 0 Å². The van der Waals surface area contributed by atoms with Gasteiger partial charge in [-0.05, 0) is 62.2 Å². The first kappa shape index (κ1) is 24.6. The monoisotopic (exact) mass is 406 g/mol. The van der Waals surface area contributed by atoms with Crippen LogP contribution in [0.2, 0.25) is 0 Å². The normalized spacial score (nSPS) is 26.8. The highest BCUT2D eigenvalue weighted by molar-refractivity contribution is 5.93. The van der Waals surface area contributed by atoms with Gasteiger partial charge in [0.2, 0.25) is 0 Å². The van der Waals surface area contributed by atoms with Gasteiger partial charge in [-0.3, -0.25) is 9.59 Å². The van der Waals surface area contributed by atoms with Gasteiger partial charge in [0.05, 0.1) is 24.0 Å². The average Bonchev–Trinajstić information content (AvgIpc) is 3.18. The first-order valence-electron chi connectivity index (χ1n) is 12.2. The molecule has 2 fully saturated rings. The largest absolute Gasteiger partial charge is 0.373 e. The molecule has 0 spiro atoms. The van der Waals surface area contributed by atoms with Crippen molar-refractivity contribution in [3.05, 3.63) is 0 Å². The third kappa shape index (κ3) is 6.39. The predicted molar refractivity (Wildman–Crippen MR) is 120 cm³/mol. The van der Waals surface area contributed by atoms with Gasteiger partial charge < -0.3 is 4.74 Å². The molecule has 0 N–H and O–H groups in total. The second kappa shape index (κ2) is 10.6. The smallest absolute Gasteiger partial charge is 0.142 e. The molecule has 0 saturated carbocycles. The summed E-state index contributed by atoms with van der Waals surface area (Å²) in [5, 5.41) is 0. The molecule has 29 heavy (non-hydrogen) atoms. The van der Waals surface area contributed by atoms with Gasteiger partial charge in [-0.2, -0.15) is 0 Å². The fourth-order valence-electron chi connectivity index (χ4n) is 5.88. The molecule has 0 aromatic rings. The zero-order valence-electron chi connectivity index (χ0n) is 20.2. The van der Waals surface area contributed by atoms with E-state index in [1.54, 1.807) is 0 Å². The summed E-state index contributed by atoms with van der Waals surface area (Å²) < 4.78 is 6.22. The van der Waals surface area contributed by atoms with E-state index in [0.717, 1.165) is 38.5 Å². The fourth-order valence-corrected chi connectivity index (χ4v) is 5.88. The van der Waals surface area contributed by atoms with E-state index in [9.17, 15) is 9.59 Å². The Hall–Kier alpha value is -0.700. The molecule has 2 aliphatic rings. The molecule has 2 aliphatic heterocycles. The lowest BCUT2D eigenvalue weighted by Crippen LogP contribution is -2.43. The van der Waals surface area contributed by atoms with Crippen molar-refractivity contribution in [2.45, 2.75) is 106 Å². The quantitative estimate of drug-likeness (QED) is 0.380. The molecular formula is C26H46O3. The van der Waals surface area contributed by atoms with Crippen LogP contribution in [0.1, 0.15) is 93.9 Å². The van der Waals surface area contributed by atoms with Gasteiger partial charge in [0.15, 0.2) is 0 Å². The summed E-state index contributed by atoms with van der Waals surface area (Å²) in [6.07, 6.45) is 5.53. The number of carbonyl (C=O) groups excluding carboxylic acids is 2. The standard InChI is InChI=1S/C26H46O3/c1-15(2)11-19(12-16(3)4)25(27)23-21-9-10-22(29-21)24(23)26(28)20(13-17(5)6)14-18(7)8/h15-24H,9-14H2,1-8H3/t21-,22-,23-,24-/m0/s1. The second-order valence-corrected chi connectivity index (χ2v) is 11.6. The lowest BCUT2D eigenvalue weighted by Gasteiger charge is -2.33. The number of hydrogen-bond donors (Lipinski definition) is 0. The molecule has 3 heteroatoms. The molecule has 3 nitrogen and oxygen atoms in total. The lowest BCUT2D eigenvalue weighted by atomic mass is 9.67. The molecule has 2 rings (SSSR count). The maximum atomic E-state index is 13.8. The number of Topliss-reactive ketones (excluding diaryl/α,β-unsaturated/α-hetero) is 2. The molecule has 0 aromatic heterocycles. The van der Waals surface area contributed by atoms with Crippen LogP contribution in [0.5, 0.6) is 0 Å². The van der Waals surface area contributed by atoms with Crippen LogP contribution in [0, 0.1) is 47.3 Å². The molecule has 2 bridgehead atoms. The van der Waals surface area contributed by atoms with Crippen LogP contribution >= 0.6 is 0 Å². The SMILES string of the molecule is CC(C)CC(CC(C)C)C(=O)[C@@H]1[C@@H](C(=O)C(CC(C)C)CC(C)C)[C@@H]2CC[C@@H]1O2. The maximum absolute atomic E-state index is 13.8. The Kier molecular flexibility index (Phi) is 8.94. The van der Waals surface area contributed by atoms with E-state index >= 15 is 0 Å². The minimum absolute atomic E-state index is 0.0259. The molecule has 0 aromatic carbocycles. The number of carbonyl (C=O) groups is 2. The van der Waals surface area contributed by atoms with Crippen molar-refractivity contribution in [2.24, 2.45) is 47.3 Å². The zero-order chi connectivity index (χ0) is 21.9. The molecule has 4 atom stereocenters. The molecular weight excluding hydrogens is 360 g/mol. The summed E-state index contributed by atoms with van der Waals surface area (Å²) >= 11 is 0. The summed E-state index contributed by atoms with van der Waals surface area (Å²) in [6, 6.07) is 0. The van der Waals surface area contributed by atoms with Gasteiger partial charge in [0.25, 0.3) is 0 Å². The summed E-state index contributed by atoms with van der Waals surface area (Å²) in [6.45, 7) is 17.6. The topological polar surface area (TPSA) is 43.4 Å². The Morgan fingerprint density at radius 1 is 0.621 bits per heavy atom.